The van der Waals surface area contributed by atoms with Gasteiger partial charge in [-0.1, -0.05) is 13.8 Å². The van der Waals surface area contributed by atoms with Crippen LogP contribution in [0.2, 0.25) is 0 Å². The highest BCUT2D eigenvalue weighted by molar-refractivity contribution is 5.15. The molecule has 4 fully saturated rings. The molecule has 0 aromatic heterocycles. The van der Waals surface area contributed by atoms with Crippen molar-refractivity contribution in [2.45, 2.75) is 96.4 Å². The Balaban J connectivity index is 1.63. The van der Waals surface area contributed by atoms with Crippen LogP contribution >= 0.6 is 0 Å². The Bertz CT molecular complexity index is 505. The molecule has 0 bridgehead atoms. The van der Waals surface area contributed by atoms with Crippen molar-refractivity contribution in [1.29, 1.82) is 0 Å². The van der Waals surface area contributed by atoms with Gasteiger partial charge >= 0.3 is 0 Å². The third-order valence-corrected chi connectivity index (χ3v) is 9.54. The molecule has 4 saturated carbocycles. The van der Waals surface area contributed by atoms with Crippen molar-refractivity contribution in [1.82, 2.24) is 0 Å². The number of hydrogen-bond acceptors (Lipinski definition) is 3. The minimum absolute atomic E-state index is 0.0831. The second kappa shape index (κ2) is 5.44. The van der Waals surface area contributed by atoms with E-state index in [0.717, 1.165) is 38.0 Å². The van der Waals surface area contributed by atoms with E-state index in [0.29, 0.717) is 23.2 Å². The highest BCUT2D eigenvalue weighted by atomic mass is 16.3. The molecule has 2 unspecified atom stereocenters. The maximum Gasteiger partial charge on any atom is 0.0958 e. The van der Waals surface area contributed by atoms with Crippen molar-refractivity contribution >= 4 is 0 Å². The minimum atomic E-state index is -0.900. The van der Waals surface area contributed by atoms with Gasteiger partial charge in [-0.25, -0.2) is 0 Å². The average molecular weight is 337 g/mol. The summed E-state index contributed by atoms with van der Waals surface area (Å²) in [4.78, 5) is 0. The van der Waals surface area contributed by atoms with E-state index < -0.39 is 11.7 Å². The molecule has 0 amide bonds. The summed E-state index contributed by atoms with van der Waals surface area (Å²) < 4.78 is 0. The lowest BCUT2D eigenvalue weighted by Crippen LogP contribution is -2.59. The molecule has 0 aliphatic heterocycles. The van der Waals surface area contributed by atoms with Crippen LogP contribution in [0.3, 0.4) is 0 Å². The van der Waals surface area contributed by atoms with E-state index in [4.69, 9.17) is 0 Å². The molecule has 0 aromatic rings. The van der Waals surface area contributed by atoms with Gasteiger partial charge in [0.15, 0.2) is 0 Å². The monoisotopic (exact) mass is 336 g/mol. The predicted octanol–water partition coefficient (Wildman–Crippen LogP) is 3.50. The molecule has 0 aromatic carbocycles. The van der Waals surface area contributed by atoms with Crippen molar-refractivity contribution in [3.63, 3.8) is 0 Å². The lowest BCUT2D eigenvalue weighted by atomic mass is 9.44. The summed E-state index contributed by atoms with van der Waals surface area (Å²) in [6.07, 6.45) is 8.99. The maximum atomic E-state index is 11.3. The fourth-order valence-corrected chi connectivity index (χ4v) is 7.97. The Morgan fingerprint density at radius 3 is 2.33 bits per heavy atom. The van der Waals surface area contributed by atoms with Gasteiger partial charge in [-0.15, -0.1) is 0 Å². The van der Waals surface area contributed by atoms with Crippen LogP contribution in [0.4, 0.5) is 0 Å². The molecule has 24 heavy (non-hydrogen) atoms. The summed E-state index contributed by atoms with van der Waals surface area (Å²) in [6.45, 7) is 6.53. The molecule has 3 nitrogen and oxygen atoms in total. The molecule has 3 heteroatoms. The molecular formula is C21H36O3. The Labute approximate surface area is 146 Å². The van der Waals surface area contributed by atoms with Gasteiger partial charge in [-0.3, -0.25) is 0 Å². The number of rotatable bonds is 1. The van der Waals surface area contributed by atoms with E-state index in [1.165, 1.54) is 25.7 Å². The molecule has 9 atom stereocenters. The summed E-state index contributed by atoms with van der Waals surface area (Å²) >= 11 is 0. The van der Waals surface area contributed by atoms with Crippen LogP contribution in [0.25, 0.3) is 0 Å². The van der Waals surface area contributed by atoms with Gasteiger partial charge in [0, 0.05) is 5.41 Å². The van der Waals surface area contributed by atoms with Crippen LogP contribution in [0, 0.1) is 34.5 Å². The van der Waals surface area contributed by atoms with Gasteiger partial charge in [-0.2, -0.15) is 0 Å². The van der Waals surface area contributed by atoms with Gasteiger partial charge in [-0.05, 0) is 93.8 Å². The van der Waals surface area contributed by atoms with Crippen molar-refractivity contribution in [3.8, 4) is 0 Å². The highest BCUT2D eigenvalue weighted by Gasteiger charge is 2.65. The largest absolute Gasteiger partial charge is 0.393 e. The minimum Gasteiger partial charge on any atom is -0.393 e. The van der Waals surface area contributed by atoms with E-state index in [-0.39, 0.29) is 11.5 Å². The first kappa shape index (κ1) is 17.3. The third-order valence-electron chi connectivity index (χ3n) is 9.54. The first-order chi connectivity index (χ1) is 11.2. The van der Waals surface area contributed by atoms with Crippen molar-refractivity contribution in [3.05, 3.63) is 0 Å². The van der Waals surface area contributed by atoms with Gasteiger partial charge in [0.05, 0.1) is 17.8 Å². The predicted molar refractivity (Wildman–Crippen MR) is 94.4 cm³/mol. The van der Waals surface area contributed by atoms with Crippen LogP contribution in [0.15, 0.2) is 0 Å². The van der Waals surface area contributed by atoms with Crippen LogP contribution in [0.1, 0.15) is 78.6 Å². The van der Waals surface area contributed by atoms with Crippen LogP contribution in [-0.2, 0) is 0 Å². The molecule has 0 saturated heterocycles. The van der Waals surface area contributed by atoms with Gasteiger partial charge < -0.3 is 15.3 Å². The molecular weight excluding hydrogens is 300 g/mol. The number of aliphatic hydroxyl groups is 3. The summed E-state index contributed by atoms with van der Waals surface area (Å²) in [5, 5.41) is 31.7. The fraction of sp³-hybridized carbons (Fsp3) is 1.00. The van der Waals surface area contributed by atoms with Crippen molar-refractivity contribution < 1.29 is 15.3 Å². The summed E-state index contributed by atoms with van der Waals surface area (Å²) in [7, 11) is 0. The first-order valence-corrected chi connectivity index (χ1v) is 10.3. The Morgan fingerprint density at radius 2 is 1.62 bits per heavy atom. The average Bonchev–Trinajstić information content (AvgIpc) is 2.81. The van der Waals surface area contributed by atoms with E-state index in [2.05, 4.69) is 13.8 Å². The highest BCUT2D eigenvalue weighted by Crippen LogP contribution is 2.68. The quantitative estimate of drug-likeness (QED) is 0.687. The van der Waals surface area contributed by atoms with E-state index in [1.807, 2.05) is 0 Å². The summed E-state index contributed by atoms with van der Waals surface area (Å²) in [5.74, 6) is 2.69. The molecule has 0 heterocycles. The van der Waals surface area contributed by atoms with Gasteiger partial charge in [0.2, 0.25) is 0 Å². The zero-order chi connectivity index (χ0) is 17.3. The SMILES string of the molecule is CC(O)[C@@]1(O)CC[C@H]2[C@@H]3CC[C@H]4CC(O)CC[C@]4(C)[C@H]3CC[C@@]21C. The van der Waals surface area contributed by atoms with E-state index in [9.17, 15) is 15.3 Å². The van der Waals surface area contributed by atoms with Crippen molar-refractivity contribution in [2.75, 3.05) is 0 Å². The van der Waals surface area contributed by atoms with E-state index >= 15 is 0 Å². The molecule has 4 aliphatic carbocycles. The summed E-state index contributed by atoms with van der Waals surface area (Å²) in [6, 6.07) is 0. The number of aliphatic hydroxyl groups excluding tert-OH is 2. The molecule has 4 rings (SSSR count). The zero-order valence-corrected chi connectivity index (χ0v) is 15.7. The Hall–Kier alpha value is -0.120. The van der Waals surface area contributed by atoms with E-state index in [1.54, 1.807) is 6.92 Å². The molecule has 0 spiro atoms. The number of hydrogen-bond donors (Lipinski definition) is 3. The van der Waals surface area contributed by atoms with Crippen LogP contribution in [-0.4, -0.2) is 33.1 Å². The summed E-state index contributed by atoms with van der Waals surface area (Å²) in [5.41, 5.74) is -0.641. The maximum absolute atomic E-state index is 11.3. The first-order valence-electron chi connectivity index (χ1n) is 10.3. The Morgan fingerprint density at radius 1 is 0.917 bits per heavy atom. The lowest BCUT2D eigenvalue weighted by molar-refractivity contribution is -0.186. The van der Waals surface area contributed by atoms with Gasteiger partial charge in [0.25, 0.3) is 0 Å². The van der Waals surface area contributed by atoms with Gasteiger partial charge in [0.1, 0.15) is 0 Å². The van der Waals surface area contributed by atoms with Crippen molar-refractivity contribution in [2.24, 2.45) is 34.5 Å². The lowest BCUT2D eigenvalue weighted by Gasteiger charge is -2.61. The van der Waals surface area contributed by atoms with Crippen LogP contribution < -0.4 is 0 Å². The molecule has 4 aliphatic rings. The third kappa shape index (κ3) is 2.07. The normalized spacial score (nSPS) is 58.5. The molecule has 3 N–H and O–H groups in total. The fourth-order valence-electron chi connectivity index (χ4n) is 7.97. The number of fused-ring (bicyclic) bond motifs is 5. The zero-order valence-electron chi connectivity index (χ0n) is 15.7. The standard InChI is InChI=1S/C21H36O3/c1-13(22)21(24)11-8-18-16-5-4-14-12-15(23)6-9-19(14,2)17(16)7-10-20(18,21)3/h13-18,22-24H,4-12H2,1-3H3/t13?,14-,15?,16+,17-,18-,19-,20-,21-/m0/s1. The van der Waals surface area contributed by atoms with Crippen LogP contribution in [0.5, 0.6) is 0 Å². The molecule has 138 valence electrons. The smallest absolute Gasteiger partial charge is 0.0958 e. The topological polar surface area (TPSA) is 60.7 Å². The molecule has 0 radical (unpaired) electrons. The second-order valence-corrected chi connectivity index (χ2v) is 10.2. The Kier molecular flexibility index (Phi) is 3.92. The second-order valence-electron chi connectivity index (χ2n) is 10.2.